The summed E-state index contributed by atoms with van der Waals surface area (Å²) in [5.41, 5.74) is -0.0938. The van der Waals surface area contributed by atoms with Gasteiger partial charge in [-0.15, -0.1) is 0 Å². The first-order valence-corrected chi connectivity index (χ1v) is 10.2. The smallest absolute Gasteiger partial charge is 0.295 e. The number of nitro groups is 1. The van der Waals surface area contributed by atoms with Gasteiger partial charge in [-0.1, -0.05) is 37.5 Å². The molecule has 0 bridgehead atoms. The number of non-ortho nitro benzene ring substituents is 1. The SMILES string of the molecule is O=C1C(=O)N(C2CCCCC2)C(c2ccccc2F)/C1=C(\O)c1ccc([N+](=O)[O-])cc1. The second kappa shape index (κ2) is 8.29. The molecule has 1 saturated heterocycles. The van der Waals surface area contributed by atoms with E-state index in [1.165, 1.54) is 47.4 Å². The van der Waals surface area contributed by atoms with Crippen molar-refractivity contribution < 1.29 is 24.0 Å². The molecule has 1 atom stereocenters. The third-order valence-electron chi connectivity index (χ3n) is 6.00. The number of rotatable bonds is 4. The molecule has 31 heavy (non-hydrogen) atoms. The second-order valence-electron chi connectivity index (χ2n) is 7.82. The van der Waals surface area contributed by atoms with Crippen molar-refractivity contribution in [3.63, 3.8) is 0 Å². The number of aliphatic hydroxyl groups excluding tert-OH is 1. The van der Waals surface area contributed by atoms with Crippen LogP contribution in [0.15, 0.2) is 54.1 Å². The normalized spacial score (nSPS) is 21.5. The highest BCUT2D eigenvalue weighted by molar-refractivity contribution is 6.46. The molecule has 0 spiro atoms. The summed E-state index contributed by atoms with van der Waals surface area (Å²) >= 11 is 0. The fourth-order valence-corrected chi connectivity index (χ4v) is 4.48. The molecule has 160 valence electrons. The maximum atomic E-state index is 14.8. The zero-order chi connectivity index (χ0) is 22.1. The van der Waals surface area contributed by atoms with Gasteiger partial charge in [0.25, 0.3) is 17.4 Å². The number of hydrogen-bond acceptors (Lipinski definition) is 5. The molecular weight excluding hydrogens is 403 g/mol. The van der Waals surface area contributed by atoms with Gasteiger partial charge in [-0.25, -0.2) is 4.39 Å². The first kappa shape index (κ1) is 20.7. The Bertz CT molecular complexity index is 1070. The summed E-state index contributed by atoms with van der Waals surface area (Å²) in [5.74, 6) is -2.69. The molecule has 1 N–H and O–H groups in total. The van der Waals surface area contributed by atoms with Crippen LogP contribution < -0.4 is 0 Å². The molecule has 2 aromatic rings. The summed E-state index contributed by atoms with van der Waals surface area (Å²) < 4.78 is 14.8. The van der Waals surface area contributed by atoms with Gasteiger partial charge in [0.05, 0.1) is 16.5 Å². The summed E-state index contributed by atoms with van der Waals surface area (Å²) in [6, 6.07) is 9.62. The van der Waals surface area contributed by atoms with Crippen molar-refractivity contribution in [1.82, 2.24) is 4.90 Å². The number of benzene rings is 2. The van der Waals surface area contributed by atoms with Crippen molar-refractivity contribution in [3.05, 3.63) is 81.2 Å². The standard InChI is InChI=1S/C23H21FN2O5/c24-18-9-5-4-8-17(18)20-19(21(27)14-10-12-16(13-11-14)26(30)31)22(28)23(29)25(20)15-6-2-1-3-7-15/h4-5,8-13,15,20,27H,1-3,6-7H2/b21-19+. The maximum absolute atomic E-state index is 14.8. The van der Waals surface area contributed by atoms with Crippen LogP contribution in [0.5, 0.6) is 0 Å². The molecule has 1 heterocycles. The third kappa shape index (κ3) is 3.69. The molecule has 0 aromatic heterocycles. The number of aliphatic hydroxyl groups is 1. The van der Waals surface area contributed by atoms with Crippen LogP contribution in [0.3, 0.4) is 0 Å². The number of carbonyl (C=O) groups is 2. The van der Waals surface area contributed by atoms with E-state index < -0.39 is 34.2 Å². The van der Waals surface area contributed by atoms with Gasteiger partial charge in [-0.05, 0) is 31.0 Å². The zero-order valence-corrected chi connectivity index (χ0v) is 16.7. The van der Waals surface area contributed by atoms with Crippen molar-refractivity contribution >= 4 is 23.1 Å². The molecule has 7 nitrogen and oxygen atoms in total. The highest BCUT2D eigenvalue weighted by Gasteiger charge is 2.49. The summed E-state index contributed by atoms with van der Waals surface area (Å²) in [7, 11) is 0. The van der Waals surface area contributed by atoms with Gasteiger partial charge in [-0.2, -0.15) is 0 Å². The van der Waals surface area contributed by atoms with Crippen LogP contribution in [0.4, 0.5) is 10.1 Å². The maximum Gasteiger partial charge on any atom is 0.295 e. The largest absolute Gasteiger partial charge is 0.507 e. The van der Waals surface area contributed by atoms with E-state index in [2.05, 4.69) is 0 Å². The predicted octanol–water partition coefficient (Wildman–Crippen LogP) is 4.49. The van der Waals surface area contributed by atoms with Crippen LogP contribution in [-0.4, -0.2) is 32.7 Å². The number of nitrogens with zero attached hydrogens (tertiary/aromatic N) is 2. The fraction of sp³-hybridized carbons (Fsp3) is 0.304. The second-order valence-corrected chi connectivity index (χ2v) is 7.82. The minimum absolute atomic E-state index is 0.135. The van der Waals surface area contributed by atoms with E-state index in [4.69, 9.17) is 0 Å². The highest BCUT2D eigenvalue weighted by atomic mass is 19.1. The predicted molar refractivity (Wildman–Crippen MR) is 111 cm³/mol. The molecule has 1 unspecified atom stereocenters. The topological polar surface area (TPSA) is 101 Å². The van der Waals surface area contributed by atoms with Crippen LogP contribution >= 0.6 is 0 Å². The molecule has 2 aliphatic rings. The summed E-state index contributed by atoms with van der Waals surface area (Å²) in [6.07, 6.45) is 4.25. The van der Waals surface area contributed by atoms with Gasteiger partial charge in [0.15, 0.2) is 0 Å². The molecule has 4 rings (SSSR count). The number of nitro benzene ring substituents is 1. The Labute approximate surface area is 177 Å². The molecule has 2 aromatic carbocycles. The summed E-state index contributed by atoms with van der Waals surface area (Å²) in [5, 5.41) is 21.9. The minimum Gasteiger partial charge on any atom is -0.507 e. The zero-order valence-electron chi connectivity index (χ0n) is 16.7. The fourth-order valence-electron chi connectivity index (χ4n) is 4.48. The Hall–Kier alpha value is -3.55. The van der Waals surface area contributed by atoms with E-state index in [1.54, 1.807) is 6.07 Å². The quantitative estimate of drug-likeness (QED) is 0.256. The Morgan fingerprint density at radius 3 is 2.29 bits per heavy atom. The molecule has 8 heteroatoms. The monoisotopic (exact) mass is 424 g/mol. The third-order valence-corrected chi connectivity index (χ3v) is 6.00. The molecule has 1 amide bonds. The minimum atomic E-state index is -1.06. The van der Waals surface area contributed by atoms with Crippen molar-refractivity contribution in [3.8, 4) is 0 Å². The van der Waals surface area contributed by atoms with Crippen molar-refractivity contribution in [2.45, 2.75) is 44.2 Å². The van der Waals surface area contributed by atoms with Crippen LogP contribution in [0.1, 0.15) is 49.3 Å². The number of Topliss-reactive ketones (excluding diaryl/α,β-unsaturated/α-hetero) is 1. The molecule has 1 aliphatic heterocycles. The van der Waals surface area contributed by atoms with Gasteiger partial charge in [0.2, 0.25) is 0 Å². The highest BCUT2D eigenvalue weighted by Crippen LogP contribution is 2.43. The number of hydrogen-bond donors (Lipinski definition) is 1. The summed E-state index contributed by atoms with van der Waals surface area (Å²) in [4.78, 5) is 37.8. The molecule has 1 saturated carbocycles. The number of ketones is 1. The average molecular weight is 424 g/mol. The van der Waals surface area contributed by atoms with Gasteiger partial charge in [-0.3, -0.25) is 19.7 Å². The lowest BCUT2D eigenvalue weighted by atomic mass is 9.90. The van der Waals surface area contributed by atoms with Crippen LogP contribution in [-0.2, 0) is 9.59 Å². The van der Waals surface area contributed by atoms with E-state index in [1.807, 2.05) is 0 Å². The Kier molecular flexibility index (Phi) is 5.54. The Morgan fingerprint density at radius 2 is 1.68 bits per heavy atom. The molecule has 0 radical (unpaired) electrons. The number of likely N-dealkylation sites (tertiary alicyclic amines) is 1. The van der Waals surface area contributed by atoms with E-state index in [-0.39, 0.29) is 28.4 Å². The van der Waals surface area contributed by atoms with Gasteiger partial charge in [0.1, 0.15) is 11.6 Å². The van der Waals surface area contributed by atoms with E-state index in [9.17, 15) is 29.2 Å². The summed E-state index contributed by atoms with van der Waals surface area (Å²) in [6.45, 7) is 0. The van der Waals surface area contributed by atoms with Gasteiger partial charge < -0.3 is 10.0 Å². The number of amides is 1. The average Bonchev–Trinajstić information content (AvgIpc) is 3.04. The molecular formula is C23H21FN2O5. The van der Waals surface area contributed by atoms with Crippen LogP contribution in [0, 0.1) is 15.9 Å². The van der Waals surface area contributed by atoms with Crippen molar-refractivity contribution in [2.24, 2.45) is 0 Å². The first-order valence-electron chi connectivity index (χ1n) is 10.2. The lowest BCUT2D eigenvalue weighted by molar-refractivity contribution is -0.384. The van der Waals surface area contributed by atoms with Crippen LogP contribution in [0.2, 0.25) is 0 Å². The van der Waals surface area contributed by atoms with Crippen molar-refractivity contribution in [1.29, 1.82) is 0 Å². The lowest BCUT2D eigenvalue weighted by Crippen LogP contribution is -2.40. The number of carbonyl (C=O) groups excluding carboxylic acids is 2. The Balaban J connectivity index is 1.87. The number of halogens is 1. The molecule has 2 fully saturated rings. The van der Waals surface area contributed by atoms with E-state index in [0.29, 0.717) is 12.8 Å². The Morgan fingerprint density at radius 1 is 1.03 bits per heavy atom. The van der Waals surface area contributed by atoms with Gasteiger partial charge in [0, 0.05) is 29.3 Å². The molecule has 1 aliphatic carbocycles. The van der Waals surface area contributed by atoms with Gasteiger partial charge >= 0.3 is 0 Å². The van der Waals surface area contributed by atoms with Crippen LogP contribution in [0.25, 0.3) is 5.76 Å². The van der Waals surface area contributed by atoms with Crippen molar-refractivity contribution in [2.75, 3.05) is 0 Å². The van der Waals surface area contributed by atoms with E-state index in [0.717, 1.165) is 19.3 Å². The lowest BCUT2D eigenvalue weighted by Gasteiger charge is -2.35. The van der Waals surface area contributed by atoms with E-state index >= 15 is 0 Å². The first-order chi connectivity index (χ1) is 14.9.